The van der Waals surface area contributed by atoms with Gasteiger partial charge in [-0.15, -0.1) is 11.3 Å². The van der Waals surface area contributed by atoms with Gasteiger partial charge in [-0.25, -0.2) is 4.79 Å². The van der Waals surface area contributed by atoms with Crippen LogP contribution in [0.5, 0.6) is 0 Å². The summed E-state index contributed by atoms with van der Waals surface area (Å²) in [5.41, 5.74) is 0. The Hall–Kier alpha value is -1.36. The van der Waals surface area contributed by atoms with Crippen LogP contribution in [0.4, 0.5) is 5.00 Å². The highest BCUT2D eigenvalue weighted by molar-refractivity contribution is 7.18. The summed E-state index contributed by atoms with van der Waals surface area (Å²) in [5, 5.41) is 12.3. The van der Waals surface area contributed by atoms with Gasteiger partial charge < -0.3 is 10.4 Å². The van der Waals surface area contributed by atoms with Gasteiger partial charge in [-0.3, -0.25) is 4.79 Å². The van der Waals surface area contributed by atoms with Crippen LogP contribution in [-0.4, -0.2) is 17.0 Å². The fourth-order valence-electron chi connectivity index (χ4n) is 3.11. The predicted octanol–water partition coefficient (Wildman–Crippen LogP) is 2.82. The van der Waals surface area contributed by atoms with Gasteiger partial charge in [0.1, 0.15) is 4.88 Å². The minimum absolute atomic E-state index is 0.0747. The molecule has 0 aromatic carbocycles. The van der Waals surface area contributed by atoms with Crippen molar-refractivity contribution in [1.29, 1.82) is 0 Å². The van der Waals surface area contributed by atoms with Crippen molar-refractivity contribution < 1.29 is 14.7 Å². The van der Waals surface area contributed by atoms with E-state index in [1.54, 1.807) is 6.07 Å². The van der Waals surface area contributed by atoms with Crippen molar-refractivity contribution in [1.82, 2.24) is 0 Å². The first-order valence-electron chi connectivity index (χ1n) is 6.31. The number of hydrogen-bond acceptors (Lipinski definition) is 3. The Bertz CT molecular complexity index is 484. The van der Waals surface area contributed by atoms with E-state index in [0.29, 0.717) is 16.8 Å². The monoisotopic (exact) mass is 265 g/mol. The van der Waals surface area contributed by atoms with Crippen LogP contribution in [0.25, 0.3) is 0 Å². The third kappa shape index (κ3) is 2.03. The van der Waals surface area contributed by atoms with Gasteiger partial charge in [0, 0.05) is 5.92 Å². The second-order valence-corrected chi connectivity index (χ2v) is 6.18. The molecule has 2 atom stereocenters. The zero-order chi connectivity index (χ0) is 12.7. The maximum absolute atomic E-state index is 12.1. The highest BCUT2D eigenvalue weighted by atomic mass is 32.1. The number of carbonyl (C=O) groups excluding carboxylic acids is 1. The topological polar surface area (TPSA) is 66.4 Å². The number of carboxylic acids is 1. The Balaban J connectivity index is 1.62. The molecule has 18 heavy (non-hydrogen) atoms. The maximum atomic E-state index is 12.1. The van der Waals surface area contributed by atoms with Gasteiger partial charge in [-0.1, -0.05) is 12.8 Å². The number of fused-ring (bicyclic) bond motifs is 1. The maximum Gasteiger partial charge on any atom is 0.345 e. The van der Waals surface area contributed by atoms with E-state index in [4.69, 9.17) is 5.11 Å². The highest BCUT2D eigenvalue weighted by Crippen LogP contribution is 2.55. The molecule has 2 aliphatic carbocycles. The van der Waals surface area contributed by atoms with Gasteiger partial charge in [-0.05, 0) is 36.8 Å². The van der Waals surface area contributed by atoms with E-state index in [0.717, 1.165) is 11.3 Å². The molecule has 1 aromatic heterocycles. The van der Waals surface area contributed by atoms with E-state index in [-0.39, 0.29) is 16.7 Å². The van der Waals surface area contributed by atoms with Gasteiger partial charge >= 0.3 is 5.97 Å². The third-order valence-corrected chi connectivity index (χ3v) is 5.01. The van der Waals surface area contributed by atoms with Crippen LogP contribution in [0.2, 0.25) is 0 Å². The van der Waals surface area contributed by atoms with Crippen molar-refractivity contribution in [2.75, 3.05) is 5.32 Å². The van der Waals surface area contributed by atoms with Crippen molar-refractivity contribution in [2.45, 2.75) is 25.7 Å². The quantitative estimate of drug-likeness (QED) is 0.883. The second kappa shape index (κ2) is 4.39. The van der Waals surface area contributed by atoms with Crippen LogP contribution in [0.3, 0.4) is 0 Å². The molecule has 1 aromatic rings. The number of nitrogens with one attached hydrogen (secondary N) is 1. The number of rotatable bonds is 3. The van der Waals surface area contributed by atoms with E-state index < -0.39 is 5.97 Å². The molecule has 0 radical (unpaired) electrons. The number of carboxylic acid groups (broad SMARTS) is 1. The number of carbonyl (C=O) groups is 2. The average molecular weight is 265 g/mol. The number of anilines is 1. The minimum atomic E-state index is -0.944. The van der Waals surface area contributed by atoms with Gasteiger partial charge in [0.15, 0.2) is 0 Å². The van der Waals surface area contributed by atoms with E-state index in [1.165, 1.54) is 31.7 Å². The molecule has 0 bridgehead atoms. The summed E-state index contributed by atoms with van der Waals surface area (Å²) in [4.78, 5) is 23.1. The Labute approximate surface area is 109 Å². The largest absolute Gasteiger partial charge is 0.477 e. The zero-order valence-corrected chi connectivity index (χ0v) is 10.7. The molecule has 2 N–H and O–H groups in total. The summed E-state index contributed by atoms with van der Waals surface area (Å²) in [6.07, 6.45) is 4.83. The molecule has 0 saturated heterocycles. The minimum Gasteiger partial charge on any atom is -0.477 e. The number of hydrogen-bond donors (Lipinski definition) is 2. The van der Waals surface area contributed by atoms with Crippen LogP contribution in [0, 0.1) is 17.8 Å². The highest BCUT2D eigenvalue weighted by Gasteiger charge is 2.54. The van der Waals surface area contributed by atoms with Gasteiger partial charge in [-0.2, -0.15) is 0 Å². The normalized spacial score (nSPS) is 29.4. The first-order valence-corrected chi connectivity index (χ1v) is 7.12. The molecule has 3 rings (SSSR count). The Morgan fingerprint density at radius 1 is 1.22 bits per heavy atom. The lowest BCUT2D eigenvalue weighted by molar-refractivity contribution is -0.117. The lowest BCUT2D eigenvalue weighted by Crippen LogP contribution is -2.14. The van der Waals surface area contributed by atoms with Crippen LogP contribution < -0.4 is 5.32 Å². The van der Waals surface area contributed by atoms with Crippen molar-refractivity contribution in [3.05, 3.63) is 17.0 Å². The van der Waals surface area contributed by atoms with Gasteiger partial charge in [0.2, 0.25) is 5.91 Å². The second-order valence-electron chi connectivity index (χ2n) is 5.10. The van der Waals surface area contributed by atoms with Crippen molar-refractivity contribution in [2.24, 2.45) is 17.8 Å². The van der Waals surface area contributed by atoms with Crippen LogP contribution in [0.15, 0.2) is 12.1 Å². The Kier molecular flexibility index (Phi) is 2.86. The molecule has 0 aliphatic heterocycles. The number of thiophene rings is 1. The predicted molar refractivity (Wildman–Crippen MR) is 68.8 cm³/mol. The lowest BCUT2D eigenvalue weighted by atomic mass is 10.0. The molecule has 2 saturated carbocycles. The molecule has 1 heterocycles. The smallest absolute Gasteiger partial charge is 0.345 e. The summed E-state index contributed by atoms with van der Waals surface area (Å²) < 4.78 is 0. The third-order valence-electron chi connectivity index (χ3n) is 4.02. The van der Waals surface area contributed by atoms with Gasteiger partial charge in [0.05, 0.1) is 5.00 Å². The zero-order valence-electron chi connectivity index (χ0n) is 9.89. The first-order chi connectivity index (χ1) is 8.66. The number of amides is 1. The molecular weight excluding hydrogens is 250 g/mol. The Morgan fingerprint density at radius 3 is 2.44 bits per heavy atom. The standard InChI is InChI=1S/C13H15NO3S/c15-12(11-7-3-1-2-4-8(7)11)14-10-6-5-9(18-10)13(16)17/h5-8,11H,1-4H2,(H,14,15)(H,16,17). The SMILES string of the molecule is O=C(O)c1ccc(NC(=O)C2C3CCCCC32)s1. The first kappa shape index (κ1) is 11.7. The van der Waals surface area contributed by atoms with E-state index >= 15 is 0 Å². The lowest BCUT2D eigenvalue weighted by Gasteiger charge is -2.04. The fraction of sp³-hybridized carbons (Fsp3) is 0.538. The van der Waals surface area contributed by atoms with E-state index in [2.05, 4.69) is 5.32 Å². The average Bonchev–Trinajstić information content (AvgIpc) is 2.90. The molecule has 1 amide bonds. The summed E-state index contributed by atoms with van der Waals surface area (Å²) >= 11 is 1.12. The molecule has 4 nitrogen and oxygen atoms in total. The van der Waals surface area contributed by atoms with E-state index in [9.17, 15) is 9.59 Å². The van der Waals surface area contributed by atoms with Crippen LogP contribution in [0.1, 0.15) is 35.4 Å². The molecule has 2 unspecified atom stereocenters. The fourth-order valence-corrected chi connectivity index (χ4v) is 3.85. The molecular formula is C13H15NO3S. The molecule has 0 spiro atoms. The summed E-state index contributed by atoms with van der Waals surface area (Å²) in [6, 6.07) is 3.20. The van der Waals surface area contributed by atoms with Gasteiger partial charge in [0.25, 0.3) is 0 Å². The Morgan fingerprint density at radius 2 is 1.89 bits per heavy atom. The van der Waals surface area contributed by atoms with Crippen LogP contribution >= 0.6 is 11.3 Å². The summed E-state index contributed by atoms with van der Waals surface area (Å²) in [7, 11) is 0. The van der Waals surface area contributed by atoms with Crippen molar-refractivity contribution in [3.63, 3.8) is 0 Å². The summed E-state index contributed by atoms with van der Waals surface area (Å²) in [6.45, 7) is 0. The van der Waals surface area contributed by atoms with Crippen molar-refractivity contribution in [3.8, 4) is 0 Å². The van der Waals surface area contributed by atoms with Crippen molar-refractivity contribution >= 4 is 28.2 Å². The van der Waals surface area contributed by atoms with Crippen LogP contribution in [-0.2, 0) is 4.79 Å². The summed E-state index contributed by atoms with van der Waals surface area (Å²) in [5.74, 6) is 0.462. The number of aromatic carboxylic acids is 1. The van der Waals surface area contributed by atoms with E-state index in [1.807, 2.05) is 0 Å². The molecule has 96 valence electrons. The molecule has 2 aliphatic rings. The molecule has 5 heteroatoms. The molecule has 2 fully saturated rings.